The van der Waals surface area contributed by atoms with Crippen LogP contribution in [0.3, 0.4) is 0 Å². The molecule has 2 heterocycles. The van der Waals surface area contributed by atoms with Crippen molar-refractivity contribution in [1.82, 2.24) is 4.98 Å². The Morgan fingerprint density at radius 2 is 2.30 bits per heavy atom. The minimum atomic E-state index is 0.609. The minimum Gasteiger partial charge on any atom is -0.397 e. The van der Waals surface area contributed by atoms with Gasteiger partial charge in [0, 0.05) is 37.5 Å². The van der Waals surface area contributed by atoms with Crippen LogP contribution in [0.1, 0.15) is 12.8 Å². The van der Waals surface area contributed by atoms with Gasteiger partial charge in [0.25, 0.3) is 0 Å². The molecule has 1 saturated heterocycles. The first-order valence-electron chi connectivity index (χ1n) is 7.16. The molecule has 1 aliphatic rings. The lowest BCUT2D eigenvalue weighted by Gasteiger charge is -2.34. The van der Waals surface area contributed by atoms with Crippen LogP contribution in [0.15, 0.2) is 30.5 Å². The van der Waals surface area contributed by atoms with Gasteiger partial charge in [-0.3, -0.25) is 4.98 Å². The Kier molecular flexibility index (Phi) is 3.74. The standard InChI is InChI=1S/C16H21N3O/c1-20-11-12-4-3-9-19(10-12)15-7-6-14(17)16-13(15)5-2-8-18-16/h2,5-8,12H,3-4,9-11,17H2,1H3. The smallest absolute Gasteiger partial charge is 0.0951 e. The first kappa shape index (κ1) is 13.2. The molecule has 1 atom stereocenters. The number of nitrogens with zero attached hydrogens (tertiary/aromatic N) is 2. The van der Waals surface area contributed by atoms with E-state index in [0.29, 0.717) is 5.92 Å². The van der Waals surface area contributed by atoms with Crippen LogP contribution in [0.5, 0.6) is 0 Å². The van der Waals surface area contributed by atoms with E-state index in [-0.39, 0.29) is 0 Å². The SMILES string of the molecule is COCC1CCCN(c2ccc(N)c3ncccc23)C1. The molecular formula is C16H21N3O. The number of nitrogen functional groups attached to an aromatic ring is 1. The van der Waals surface area contributed by atoms with E-state index in [1.54, 1.807) is 13.3 Å². The molecule has 1 aromatic heterocycles. The fourth-order valence-electron chi connectivity index (χ4n) is 3.11. The van der Waals surface area contributed by atoms with Gasteiger partial charge < -0.3 is 15.4 Å². The monoisotopic (exact) mass is 271 g/mol. The number of fused-ring (bicyclic) bond motifs is 1. The average molecular weight is 271 g/mol. The van der Waals surface area contributed by atoms with Crippen LogP contribution in [-0.4, -0.2) is 31.8 Å². The van der Waals surface area contributed by atoms with Crippen molar-refractivity contribution in [2.45, 2.75) is 12.8 Å². The third kappa shape index (κ3) is 2.43. The predicted octanol–water partition coefficient (Wildman–Crippen LogP) is 2.68. The van der Waals surface area contributed by atoms with Gasteiger partial charge in [-0.25, -0.2) is 0 Å². The van der Waals surface area contributed by atoms with Crippen LogP contribution in [0.25, 0.3) is 10.9 Å². The lowest BCUT2D eigenvalue weighted by molar-refractivity contribution is 0.143. The molecule has 1 aromatic carbocycles. The zero-order valence-electron chi connectivity index (χ0n) is 11.9. The number of nitrogens with two attached hydrogens (primary N) is 1. The molecule has 3 rings (SSSR count). The molecule has 1 fully saturated rings. The topological polar surface area (TPSA) is 51.4 Å². The number of ether oxygens (including phenoxy) is 1. The molecule has 0 spiro atoms. The number of hydrogen-bond acceptors (Lipinski definition) is 4. The lowest BCUT2D eigenvalue weighted by Crippen LogP contribution is -2.37. The Morgan fingerprint density at radius 3 is 3.15 bits per heavy atom. The fraction of sp³-hybridized carbons (Fsp3) is 0.438. The Balaban J connectivity index is 1.95. The first-order chi connectivity index (χ1) is 9.79. The average Bonchev–Trinajstić information content (AvgIpc) is 2.49. The first-order valence-corrected chi connectivity index (χ1v) is 7.16. The molecule has 20 heavy (non-hydrogen) atoms. The van der Waals surface area contributed by atoms with Crippen molar-refractivity contribution >= 4 is 22.3 Å². The summed E-state index contributed by atoms with van der Waals surface area (Å²) in [4.78, 5) is 6.86. The fourth-order valence-corrected chi connectivity index (χ4v) is 3.11. The molecule has 4 heteroatoms. The van der Waals surface area contributed by atoms with Crippen LogP contribution in [0.4, 0.5) is 11.4 Å². The van der Waals surface area contributed by atoms with Crippen molar-refractivity contribution < 1.29 is 4.74 Å². The second kappa shape index (κ2) is 5.67. The normalized spacial score (nSPS) is 19.4. The number of benzene rings is 1. The van der Waals surface area contributed by atoms with Gasteiger partial charge >= 0.3 is 0 Å². The zero-order valence-corrected chi connectivity index (χ0v) is 11.9. The highest BCUT2D eigenvalue weighted by molar-refractivity contribution is 5.98. The van der Waals surface area contributed by atoms with Gasteiger partial charge in [-0.05, 0) is 43.0 Å². The number of anilines is 2. The minimum absolute atomic E-state index is 0.609. The molecule has 2 N–H and O–H groups in total. The van der Waals surface area contributed by atoms with Crippen LogP contribution >= 0.6 is 0 Å². The van der Waals surface area contributed by atoms with E-state index < -0.39 is 0 Å². The largest absolute Gasteiger partial charge is 0.397 e. The van der Waals surface area contributed by atoms with Gasteiger partial charge in [0.05, 0.1) is 17.8 Å². The van der Waals surface area contributed by atoms with E-state index in [2.05, 4.69) is 22.0 Å². The maximum atomic E-state index is 6.03. The third-order valence-electron chi connectivity index (χ3n) is 4.04. The van der Waals surface area contributed by atoms with Crippen molar-refractivity contribution in [3.8, 4) is 0 Å². The number of rotatable bonds is 3. The summed E-state index contributed by atoms with van der Waals surface area (Å²) >= 11 is 0. The van der Waals surface area contributed by atoms with Crippen molar-refractivity contribution in [2.24, 2.45) is 5.92 Å². The van der Waals surface area contributed by atoms with Crippen LogP contribution in [0, 0.1) is 5.92 Å². The number of hydrogen-bond donors (Lipinski definition) is 1. The quantitative estimate of drug-likeness (QED) is 0.872. The molecule has 1 aliphatic heterocycles. The number of aromatic nitrogens is 1. The molecule has 0 bridgehead atoms. The van der Waals surface area contributed by atoms with Crippen molar-refractivity contribution in [1.29, 1.82) is 0 Å². The molecular weight excluding hydrogens is 250 g/mol. The van der Waals surface area contributed by atoms with Crippen LogP contribution < -0.4 is 10.6 Å². The lowest BCUT2D eigenvalue weighted by atomic mass is 9.97. The summed E-state index contributed by atoms with van der Waals surface area (Å²) in [6, 6.07) is 8.16. The number of pyridine rings is 1. The summed E-state index contributed by atoms with van der Waals surface area (Å²) in [6.07, 6.45) is 4.25. The predicted molar refractivity (Wildman–Crippen MR) is 83.0 cm³/mol. The van der Waals surface area contributed by atoms with Crippen LogP contribution in [-0.2, 0) is 4.74 Å². The molecule has 0 radical (unpaired) electrons. The van der Waals surface area contributed by atoms with Gasteiger partial charge in [-0.15, -0.1) is 0 Å². The summed E-state index contributed by atoms with van der Waals surface area (Å²) < 4.78 is 5.31. The van der Waals surface area contributed by atoms with E-state index in [1.165, 1.54) is 18.5 Å². The summed E-state index contributed by atoms with van der Waals surface area (Å²) in [6.45, 7) is 2.97. The Morgan fingerprint density at radius 1 is 1.40 bits per heavy atom. The summed E-state index contributed by atoms with van der Waals surface area (Å²) in [5.41, 5.74) is 8.91. The highest BCUT2D eigenvalue weighted by Crippen LogP contribution is 2.32. The van der Waals surface area contributed by atoms with Crippen molar-refractivity contribution in [3.05, 3.63) is 30.5 Å². The Bertz CT molecular complexity index is 597. The highest BCUT2D eigenvalue weighted by atomic mass is 16.5. The molecule has 2 aromatic rings. The summed E-state index contributed by atoms with van der Waals surface area (Å²) in [7, 11) is 1.78. The van der Waals surface area contributed by atoms with Crippen LogP contribution in [0.2, 0.25) is 0 Å². The number of methoxy groups -OCH3 is 1. The van der Waals surface area contributed by atoms with Crippen molar-refractivity contribution in [3.63, 3.8) is 0 Å². The van der Waals surface area contributed by atoms with Crippen molar-refractivity contribution in [2.75, 3.05) is 37.4 Å². The molecule has 106 valence electrons. The molecule has 4 nitrogen and oxygen atoms in total. The van der Waals surface area contributed by atoms with Gasteiger partial charge in [-0.1, -0.05) is 0 Å². The van der Waals surface area contributed by atoms with Gasteiger partial charge in [0.2, 0.25) is 0 Å². The zero-order chi connectivity index (χ0) is 13.9. The van der Waals surface area contributed by atoms with E-state index >= 15 is 0 Å². The molecule has 0 amide bonds. The number of piperidine rings is 1. The Labute approximate surface area is 119 Å². The summed E-state index contributed by atoms with van der Waals surface area (Å²) in [5.74, 6) is 0.609. The third-order valence-corrected chi connectivity index (χ3v) is 4.04. The van der Waals surface area contributed by atoms with E-state index in [4.69, 9.17) is 10.5 Å². The molecule has 1 unspecified atom stereocenters. The van der Waals surface area contributed by atoms with E-state index in [9.17, 15) is 0 Å². The molecule has 0 saturated carbocycles. The Hall–Kier alpha value is -1.81. The molecule has 0 aliphatic carbocycles. The van der Waals surface area contributed by atoms with Gasteiger partial charge in [-0.2, -0.15) is 0 Å². The highest BCUT2D eigenvalue weighted by Gasteiger charge is 2.21. The van der Waals surface area contributed by atoms with E-state index in [0.717, 1.165) is 36.3 Å². The van der Waals surface area contributed by atoms with Gasteiger partial charge in [0.15, 0.2) is 0 Å². The maximum absolute atomic E-state index is 6.03. The maximum Gasteiger partial charge on any atom is 0.0951 e. The second-order valence-electron chi connectivity index (χ2n) is 5.48. The second-order valence-corrected chi connectivity index (χ2v) is 5.48. The van der Waals surface area contributed by atoms with E-state index in [1.807, 2.05) is 12.1 Å². The summed E-state index contributed by atoms with van der Waals surface area (Å²) in [5, 5.41) is 1.14. The van der Waals surface area contributed by atoms with Gasteiger partial charge in [0.1, 0.15) is 0 Å².